The molecule has 0 saturated carbocycles. The van der Waals surface area contributed by atoms with Crippen LogP contribution in [0.5, 0.6) is 0 Å². The van der Waals surface area contributed by atoms with Crippen molar-refractivity contribution in [1.82, 2.24) is 10.2 Å². The predicted molar refractivity (Wildman–Crippen MR) is 69.1 cm³/mol. The first-order chi connectivity index (χ1) is 9.72. The van der Waals surface area contributed by atoms with Gasteiger partial charge < -0.3 is 14.3 Å². The molecule has 0 atom stereocenters. The van der Waals surface area contributed by atoms with Crippen molar-refractivity contribution >= 4 is 5.97 Å². The van der Waals surface area contributed by atoms with E-state index in [1.807, 2.05) is 30.3 Å². The standard InChI is InChI=1S/C14H14N2O4/c17-13(18)14(6-8-19-9-7-14)12-16-15-11(20-12)10-4-2-1-3-5-10/h1-5H,6-9H2,(H,17,18). The van der Waals surface area contributed by atoms with Gasteiger partial charge in [0.1, 0.15) is 5.41 Å². The summed E-state index contributed by atoms with van der Waals surface area (Å²) in [7, 11) is 0. The smallest absolute Gasteiger partial charge is 0.319 e. The van der Waals surface area contributed by atoms with Crippen molar-refractivity contribution in [3.05, 3.63) is 36.2 Å². The zero-order chi connectivity index (χ0) is 14.0. The fraction of sp³-hybridized carbons (Fsp3) is 0.357. The van der Waals surface area contributed by atoms with Gasteiger partial charge in [-0.1, -0.05) is 18.2 Å². The van der Waals surface area contributed by atoms with Crippen molar-refractivity contribution in [2.24, 2.45) is 0 Å². The molecule has 2 aromatic rings. The van der Waals surface area contributed by atoms with Crippen molar-refractivity contribution in [3.8, 4) is 11.5 Å². The van der Waals surface area contributed by atoms with Gasteiger partial charge in [0.05, 0.1) is 0 Å². The molecule has 0 spiro atoms. The number of carbonyl (C=O) groups is 1. The van der Waals surface area contributed by atoms with Crippen LogP contribution < -0.4 is 0 Å². The maximum Gasteiger partial charge on any atom is 0.319 e. The van der Waals surface area contributed by atoms with E-state index in [9.17, 15) is 9.90 Å². The van der Waals surface area contributed by atoms with E-state index in [4.69, 9.17) is 9.15 Å². The van der Waals surface area contributed by atoms with Crippen molar-refractivity contribution in [2.45, 2.75) is 18.3 Å². The topological polar surface area (TPSA) is 85.5 Å². The summed E-state index contributed by atoms with van der Waals surface area (Å²) < 4.78 is 10.8. The number of nitrogens with zero attached hydrogens (tertiary/aromatic N) is 2. The number of carboxylic acid groups (broad SMARTS) is 1. The summed E-state index contributed by atoms with van der Waals surface area (Å²) in [5.41, 5.74) is -0.350. The predicted octanol–water partition coefficient (Wildman–Crippen LogP) is 1.87. The van der Waals surface area contributed by atoms with Gasteiger partial charge in [0.2, 0.25) is 11.8 Å². The number of ether oxygens (including phenoxy) is 1. The zero-order valence-corrected chi connectivity index (χ0v) is 10.8. The molecule has 1 aliphatic heterocycles. The minimum absolute atomic E-state index is 0.159. The highest BCUT2D eigenvalue weighted by molar-refractivity contribution is 5.80. The van der Waals surface area contributed by atoms with Gasteiger partial charge in [-0.3, -0.25) is 4.79 Å². The van der Waals surface area contributed by atoms with E-state index >= 15 is 0 Å². The summed E-state index contributed by atoms with van der Waals surface area (Å²) in [5.74, 6) is -0.441. The van der Waals surface area contributed by atoms with Crippen molar-refractivity contribution < 1.29 is 19.1 Å². The van der Waals surface area contributed by atoms with E-state index in [1.165, 1.54) is 0 Å². The molecule has 104 valence electrons. The van der Waals surface area contributed by atoms with Crippen LogP contribution in [0.15, 0.2) is 34.7 Å². The molecule has 0 amide bonds. The molecule has 0 unspecified atom stereocenters. The van der Waals surface area contributed by atoms with E-state index in [2.05, 4.69) is 10.2 Å². The molecule has 6 nitrogen and oxygen atoms in total. The third-order valence-corrected chi connectivity index (χ3v) is 3.61. The third kappa shape index (κ3) is 2.08. The molecular formula is C14H14N2O4. The second-order valence-corrected chi connectivity index (χ2v) is 4.78. The third-order valence-electron chi connectivity index (χ3n) is 3.61. The van der Waals surface area contributed by atoms with Crippen LogP contribution in [0, 0.1) is 0 Å². The van der Waals surface area contributed by atoms with Gasteiger partial charge in [-0.15, -0.1) is 10.2 Å². The Morgan fingerprint density at radius 2 is 1.85 bits per heavy atom. The van der Waals surface area contributed by atoms with Gasteiger partial charge in [0, 0.05) is 18.8 Å². The van der Waals surface area contributed by atoms with Gasteiger partial charge in [-0.25, -0.2) is 0 Å². The molecule has 1 saturated heterocycles. The molecule has 1 N–H and O–H groups in total. The van der Waals surface area contributed by atoms with Gasteiger partial charge >= 0.3 is 5.97 Å². The number of carboxylic acids is 1. The fourth-order valence-corrected chi connectivity index (χ4v) is 2.35. The largest absolute Gasteiger partial charge is 0.480 e. The molecule has 20 heavy (non-hydrogen) atoms. The second-order valence-electron chi connectivity index (χ2n) is 4.78. The number of aliphatic carboxylic acids is 1. The lowest BCUT2D eigenvalue weighted by Crippen LogP contribution is -2.41. The molecule has 0 aliphatic carbocycles. The van der Waals surface area contributed by atoms with Crippen LogP contribution in [0.4, 0.5) is 0 Å². The quantitative estimate of drug-likeness (QED) is 0.919. The normalized spacial score (nSPS) is 17.8. The van der Waals surface area contributed by atoms with E-state index in [0.29, 0.717) is 31.9 Å². The first-order valence-electron chi connectivity index (χ1n) is 6.43. The highest BCUT2D eigenvalue weighted by atomic mass is 16.5. The highest BCUT2D eigenvalue weighted by Gasteiger charge is 2.46. The second kappa shape index (κ2) is 5.05. The zero-order valence-electron chi connectivity index (χ0n) is 10.8. The molecule has 2 heterocycles. The van der Waals surface area contributed by atoms with E-state index in [-0.39, 0.29) is 5.89 Å². The molecule has 3 rings (SSSR count). The number of hydrogen-bond acceptors (Lipinski definition) is 5. The summed E-state index contributed by atoms with van der Waals surface area (Å²) in [6.45, 7) is 0.769. The Morgan fingerprint density at radius 1 is 1.15 bits per heavy atom. The fourth-order valence-electron chi connectivity index (χ4n) is 2.35. The van der Waals surface area contributed by atoms with E-state index in [0.717, 1.165) is 5.56 Å². The SMILES string of the molecule is O=C(O)C1(c2nnc(-c3ccccc3)o2)CCOCC1. The van der Waals surface area contributed by atoms with Crippen LogP contribution in [-0.4, -0.2) is 34.5 Å². The Bertz CT molecular complexity index is 603. The summed E-state index contributed by atoms with van der Waals surface area (Å²) in [6, 6.07) is 9.29. The first kappa shape index (κ1) is 12.8. The Kier molecular flexibility index (Phi) is 3.23. The minimum atomic E-state index is -1.13. The summed E-state index contributed by atoms with van der Waals surface area (Å²) in [5, 5.41) is 17.5. The summed E-state index contributed by atoms with van der Waals surface area (Å²) >= 11 is 0. The van der Waals surface area contributed by atoms with Crippen LogP contribution in [0.1, 0.15) is 18.7 Å². The average Bonchev–Trinajstić information content (AvgIpc) is 2.99. The number of aromatic nitrogens is 2. The van der Waals surface area contributed by atoms with Crippen LogP contribution in [0.3, 0.4) is 0 Å². The van der Waals surface area contributed by atoms with Crippen LogP contribution in [0.2, 0.25) is 0 Å². The number of benzene rings is 1. The van der Waals surface area contributed by atoms with Crippen LogP contribution in [-0.2, 0) is 14.9 Å². The van der Waals surface area contributed by atoms with Gasteiger partial charge in [-0.05, 0) is 25.0 Å². The molecule has 1 aliphatic rings. The molecular weight excluding hydrogens is 260 g/mol. The lowest BCUT2D eigenvalue weighted by atomic mass is 9.80. The van der Waals surface area contributed by atoms with Crippen molar-refractivity contribution in [3.63, 3.8) is 0 Å². The molecule has 0 bridgehead atoms. The minimum Gasteiger partial charge on any atom is -0.480 e. The lowest BCUT2D eigenvalue weighted by Gasteiger charge is -2.29. The maximum atomic E-state index is 11.6. The van der Waals surface area contributed by atoms with Crippen LogP contribution >= 0.6 is 0 Å². The highest BCUT2D eigenvalue weighted by Crippen LogP contribution is 2.35. The Labute approximate surface area is 115 Å². The molecule has 1 aromatic heterocycles. The van der Waals surface area contributed by atoms with Gasteiger partial charge in [0.25, 0.3) is 0 Å². The lowest BCUT2D eigenvalue weighted by molar-refractivity contribution is -0.149. The van der Waals surface area contributed by atoms with Gasteiger partial charge in [-0.2, -0.15) is 0 Å². The van der Waals surface area contributed by atoms with E-state index in [1.54, 1.807) is 0 Å². The van der Waals surface area contributed by atoms with Gasteiger partial charge in [0.15, 0.2) is 0 Å². The summed E-state index contributed by atoms with van der Waals surface area (Å²) in [6.07, 6.45) is 0.692. The molecule has 1 aromatic carbocycles. The Morgan fingerprint density at radius 3 is 2.50 bits per heavy atom. The molecule has 0 radical (unpaired) electrons. The molecule has 6 heteroatoms. The number of rotatable bonds is 3. The van der Waals surface area contributed by atoms with E-state index < -0.39 is 11.4 Å². The average molecular weight is 274 g/mol. The maximum absolute atomic E-state index is 11.6. The van der Waals surface area contributed by atoms with Crippen molar-refractivity contribution in [1.29, 1.82) is 0 Å². The van der Waals surface area contributed by atoms with Crippen molar-refractivity contribution in [2.75, 3.05) is 13.2 Å². The monoisotopic (exact) mass is 274 g/mol. The number of hydrogen-bond donors (Lipinski definition) is 1. The first-order valence-corrected chi connectivity index (χ1v) is 6.43. The Balaban J connectivity index is 1.98. The summed E-state index contributed by atoms with van der Waals surface area (Å²) in [4.78, 5) is 11.6. The Hall–Kier alpha value is -2.21. The molecule has 1 fully saturated rings. The van der Waals surface area contributed by atoms with Crippen LogP contribution in [0.25, 0.3) is 11.5 Å².